The molecule has 2 nitrogen and oxygen atoms in total. The topological polar surface area (TPSA) is 37.3 Å². The van der Waals surface area contributed by atoms with E-state index in [-0.39, 0.29) is 12.3 Å². The lowest BCUT2D eigenvalue weighted by Gasteiger charge is -2.08. The Morgan fingerprint density at radius 3 is 2.20 bits per heavy atom. The van der Waals surface area contributed by atoms with Gasteiger partial charge in [0, 0.05) is 5.02 Å². The number of hydrogen-bond acceptors (Lipinski definition) is 1. The van der Waals surface area contributed by atoms with Crippen molar-refractivity contribution in [3.05, 3.63) is 34.9 Å². The van der Waals surface area contributed by atoms with E-state index < -0.39 is 5.97 Å². The summed E-state index contributed by atoms with van der Waals surface area (Å²) in [6, 6.07) is 7.26. The highest BCUT2D eigenvalue weighted by Crippen LogP contribution is 2.20. The first-order valence-corrected chi connectivity index (χ1v) is 5.44. The number of halogens is 1. The summed E-state index contributed by atoms with van der Waals surface area (Å²) >= 11 is 5.71. The number of carbonyl (C=O) groups is 1. The summed E-state index contributed by atoms with van der Waals surface area (Å²) < 4.78 is 0. The molecule has 0 amide bonds. The molecule has 0 aromatic heterocycles. The van der Waals surface area contributed by atoms with Crippen LogP contribution in [0.25, 0.3) is 0 Å². The molecule has 1 aromatic carbocycles. The smallest absolute Gasteiger partial charge is 0.303 e. The van der Waals surface area contributed by atoms with Gasteiger partial charge in [0.15, 0.2) is 0 Å². The molecule has 0 fully saturated rings. The quantitative estimate of drug-likeness (QED) is 0.851. The highest BCUT2D eigenvalue weighted by Gasteiger charge is 2.09. The minimum atomic E-state index is -0.776. The number of aliphatic carboxylic acids is 1. The molecular weight excluding hydrogens is 212 g/mol. The summed E-state index contributed by atoms with van der Waals surface area (Å²) in [6.45, 7) is 5.89. The molecule has 1 N–H and O–H groups in total. The average Bonchev–Trinajstić information content (AvgIpc) is 2.20. The van der Waals surface area contributed by atoms with Crippen molar-refractivity contribution >= 4 is 17.6 Å². The maximum Gasteiger partial charge on any atom is 0.303 e. The van der Waals surface area contributed by atoms with Gasteiger partial charge in [0.1, 0.15) is 0 Å². The molecule has 0 unspecified atom stereocenters. The zero-order valence-electron chi connectivity index (χ0n) is 9.33. The summed E-state index contributed by atoms with van der Waals surface area (Å²) in [5, 5.41) is 9.25. The molecule has 1 rings (SSSR count). The predicted molar refractivity (Wildman–Crippen MR) is 63.5 cm³/mol. The Bertz CT molecular complexity index is 293. The minimum Gasteiger partial charge on any atom is -0.481 e. The SMILES string of the molecule is CC.C[C@H](CC(=O)O)c1ccc(Cl)cc1. The Balaban J connectivity index is 0.000000921. The van der Waals surface area contributed by atoms with Crippen LogP contribution in [0.4, 0.5) is 0 Å². The zero-order chi connectivity index (χ0) is 11.8. The van der Waals surface area contributed by atoms with Crippen LogP contribution in [-0.2, 0) is 4.79 Å². The highest BCUT2D eigenvalue weighted by molar-refractivity contribution is 6.30. The normalized spacial score (nSPS) is 11.2. The van der Waals surface area contributed by atoms with Gasteiger partial charge in [0.25, 0.3) is 0 Å². The Morgan fingerprint density at radius 1 is 1.33 bits per heavy atom. The Kier molecular flexibility index (Phi) is 6.80. The fraction of sp³-hybridized carbons (Fsp3) is 0.417. The Hall–Kier alpha value is -1.02. The van der Waals surface area contributed by atoms with Crippen LogP contribution in [0.2, 0.25) is 5.02 Å². The third kappa shape index (κ3) is 5.43. The molecule has 1 atom stereocenters. The van der Waals surface area contributed by atoms with Gasteiger partial charge in [0.05, 0.1) is 6.42 Å². The molecule has 1 aromatic rings. The maximum atomic E-state index is 10.4. The molecule has 0 bridgehead atoms. The van der Waals surface area contributed by atoms with Crippen molar-refractivity contribution in [2.24, 2.45) is 0 Å². The van der Waals surface area contributed by atoms with Gasteiger partial charge in [-0.3, -0.25) is 4.79 Å². The van der Waals surface area contributed by atoms with Gasteiger partial charge in [-0.15, -0.1) is 0 Å². The molecule has 0 saturated heterocycles. The van der Waals surface area contributed by atoms with Crippen molar-refractivity contribution in [3.63, 3.8) is 0 Å². The lowest BCUT2D eigenvalue weighted by Crippen LogP contribution is -2.02. The second-order valence-electron chi connectivity index (χ2n) is 3.05. The van der Waals surface area contributed by atoms with Crippen LogP contribution in [0.1, 0.15) is 38.7 Å². The van der Waals surface area contributed by atoms with Crippen molar-refractivity contribution in [2.45, 2.75) is 33.1 Å². The van der Waals surface area contributed by atoms with Crippen LogP contribution in [0, 0.1) is 0 Å². The van der Waals surface area contributed by atoms with E-state index in [4.69, 9.17) is 16.7 Å². The van der Waals surface area contributed by atoms with E-state index in [1.807, 2.05) is 32.9 Å². The van der Waals surface area contributed by atoms with Gasteiger partial charge < -0.3 is 5.11 Å². The summed E-state index contributed by atoms with van der Waals surface area (Å²) in [6.07, 6.45) is 0.154. The van der Waals surface area contributed by atoms with Gasteiger partial charge in [-0.1, -0.05) is 44.5 Å². The predicted octanol–water partition coefficient (Wildman–Crippen LogP) is 3.94. The van der Waals surface area contributed by atoms with Crippen molar-refractivity contribution < 1.29 is 9.90 Å². The fourth-order valence-corrected chi connectivity index (χ4v) is 1.30. The summed E-state index contributed by atoms with van der Waals surface area (Å²) in [5.74, 6) is -0.739. The van der Waals surface area contributed by atoms with Gasteiger partial charge in [-0.05, 0) is 23.6 Å². The van der Waals surface area contributed by atoms with E-state index in [1.165, 1.54) is 0 Å². The van der Waals surface area contributed by atoms with E-state index in [9.17, 15) is 4.79 Å². The molecule has 3 heteroatoms. The molecule has 15 heavy (non-hydrogen) atoms. The summed E-state index contributed by atoms with van der Waals surface area (Å²) in [5.41, 5.74) is 1.01. The Morgan fingerprint density at radius 2 is 1.80 bits per heavy atom. The van der Waals surface area contributed by atoms with Gasteiger partial charge >= 0.3 is 5.97 Å². The van der Waals surface area contributed by atoms with Crippen molar-refractivity contribution in [1.82, 2.24) is 0 Å². The first-order valence-electron chi connectivity index (χ1n) is 5.07. The van der Waals surface area contributed by atoms with Crippen molar-refractivity contribution in [2.75, 3.05) is 0 Å². The number of hydrogen-bond donors (Lipinski definition) is 1. The van der Waals surface area contributed by atoms with Crippen LogP contribution in [0.15, 0.2) is 24.3 Å². The van der Waals surface area contributed by atoms with Gasteiger partial charge in [-0.25, -0.2) is 0 Å². The number of carboxylic acids is 1. The second-order valence-corrected chi connectivity index (χ2v) is 3.49. The van der Waals surface area contributed by atoms with Crippen LogP contribution in [0.3, 0.4) is 0 Å². The van der Waals surface area contributed by atoms with Crippen molar-refractivity contribution in [1.29, 1.82) is 0 Å². The standard InChI is InChI=1S/C10H11ClO2.C2H6/c1-7(6-10(12)13)8-2-4-9(11)5-3-8;1-2/h2-5,7H,6H2,1H3,(H,12,13);1-2H3/t7-;/m1./s1. The molecule has 0 aliphatic carbocycles. The van der Waals surface area contributed by atoms with Crippen LogP contribution in [-0.4, -0.2) is 11.1 Å². The van der Waals surface area contributed by atoms with Gasteiger partial charge in [-0.2, -0.15) is 0 Å². The van der Waals surface area contributed by atoms with Crippen LogP contribution < -0.4 is 0 Å². The molecule has 0 aliphatic rings. The third-order valence-electron chi connectivity index (χ3n) is 1.92. The molecule has 0 radical (unpaired) electrons. The molecule has 0 saturated carbocycles. The number of rotatable bonds is 3. The fourth-order valence-electron chi connectivity index (χ4n) is 1.17. The van der Waals surface area contributed by atoms with Gasteiger partial charge in [0.2, 0.25) is 0 Å². The van der Waals surface area contributed by atoms with E-state index >= 15 is 0 Å². The third-order valence-corrected chi connectivity index (χ3v) is 2.17. The molecule has 0 spiro atoms. The molecule has 0 aliphatic heterocycles. The molecular formula is C12H17ClO2. The van der Waals surface area contributed by atoms with Crippen LogP contribution in [0.5, 0.6) is 0 Å². The largest absolute Gasteiger partial charge is 0.481 e. The summed E-state index contributed by atoms with van der Waals surface area (Å²) in [4.78, 5) is 10.4. The summed E-state index contributed by atoms with van der Waals surface area (Å²) in [7, 11) is 0. The second kappa shape index (κ2) is 7.30. The van der Waals surface area contributed by atoms with E-state index in [2.05, 4.69) is 0 Å². The van der Waals surface area contributed by atoms with E-state index in [0.717, 1.165) is 5.56 Å². The maximum absolute atomic E-state index is 10.4. The molecule has 0 heterocycles. The number of benzene rings is 1. The monoisotopic (exact) mass is 228 g/mol. The minimum absolute atomic E-state index is 0.0368. The van der Waals surface area contributed by atoms with E-state index in [1.54, 1.807) is 12.1 Å². The first-order chi connectivity index (χ1) is 7.09. The van der Waals surface area contributed by atoms with E-state index in [0.29, 0.717) is 5.02 Å². The zero-order valence-corrected chi connectivity index (χ0v) is 10.1. The lowest BCUT2D eigenvalue weighted by molar-refractivity contribution is -0.137. The lowest BCUT2D eigenvalue weighted by atomic mass is 9.98. The van der Waals surface area contributed by atoms with Crippen LogP contribution >= 0.6 is 11.6 Å². The first kappa shape index (κ1) is 14.0. The Labute approximate surface area is 95.9 Å². The molecule has 84 valence electrons. The highest BCUT2D eigenvalue weighted by atomic mass is 35.5. The average molecular weight is 229 g/mol. The van der Waals surface area contributed by atoms with Crippen molar-refractivity contribution in [3.8, 4) is 0 Å². The number of carboxylic acid groups (broad SMARTS) is 1.